The molecule has 0 aliphatic heterocycles. The minimum absolute atomic E-state index is 0.0645. The first-order valence-corrected chi connectivity index (χ1v) is 6.10. The fraction of sp³-hybridized carbons (Fsp3) is 0.417. The Bertz CT molecular complexity index is 573. The molecule has 0 spiro atoms. The molecule has 1 unspecified atom stereocenters. The third kappa shape index (κ3) is 4.21. The summed E-state index contributed by atoms with van der Waals surface area (Å²) in [6, 6.07) is 2.91. The van der Waals surface area contributed by atoms with Crippen molar-refractivity contribution in [1.82, 2.24) is 10.2 Å². The van der Waals surface area contributed by atoms with E-state index in [0.29, 0.717) is 0 Å². The number of amides is 1. The molecule has 0 fully saturated rings. The molecule has 0 aliphatic carbocycles. The third-order valence-electron chi connectivity index (χ3n) is 2.89. The molecule has 0 aliphatic rings. The van der Waals surface area contributed by atoms with E-state index in [9.17, 15) is 25.0 Å². The molecule has 0 aromatic heterocycles. The Labute approximate surface area is 120 Å². The summed E-state index contributed by atoms with van der Waals surface area (Å²) >= 11 is 0. The Balaban J connectivity index is 2.91. The summed E-state index contributed by atoms with van der Waals surface area (Å²) in [5, 5.41) is 24.5. The first-order chi connectivity index (χ1) is 9.73. The van der Waals surface area contributed by atoms with Crippen LogP contribution >= 0.6 is 0 Å². The second-order valence-electron chi connectivity index (χ2n) is 4.66. The monoisotopic (exact) mass is 296 g/mol. The zero-order chi connectivity index (χ0) is 16.2. The Morgan fingerprint density at radius 3 is 2.38 bits per heavy atom. The van der Waals surface area contributed by atoms with Crippen LogP contribution in [0.4, 0.5) is 11.4 Å². The molecule has 1 aromatic carbocycles. The van der Waals surface area contributed by atoms with E-state index in [0.717, 1.165) is 6.07 Å². The third-order valence-corrected chi connectivity index (χ3v) is 2.89. The molecule has 1 rings (SSSR count). The quantitative estimate of drug-likeness (QED) is 0.619. The maximum absolute atomic E-state index is 11.7. The van der Waals surface area contributed by atoms with E-state index in [1.165, 1.54) is 17.0 Å². The number of carbonyl (C=O) groups is 1. The van der Waals surface area contributed by atoms with Crippen molar-refractivity contribution >= 4 is 17.3 Å². The number of nitro benzene ring substituents is 2. The van der Waals surface area contributed by atoms with Gasteiger partial charge in [-0.05, 0) is 13.0 Å². The topological polar surface area (TPSA) is 119 Å². The molecule has 9 heteroatoms. The van der Waals surface area contributed by atoms with E-state index in [-0.39, 0.29) is 29.4 Å². The van der Waals surface area contributed by atoms with E-state index >= 15 is 0 Å². The van der Waals surface area contributed by atoms with Crippen molar-refractivity contribution in [3.63, 3.8) is 0 Å². The van der Waals surface area contributed by atoms with Crippen molar-refractivity contribution in [2.45, 2.75) is 19.5 Å². The summed E-state index contributed by atoms with van der Waals surface area (Å²) < 4.78 is 0. The molecule has 0 saturated carbocycles. The molecule has 114 valence electrons. The molecule has 0 saturated heterocycles. The second kappa shape index (κ2) is 6.75. The lowest BCUT2D eigenvalue weighted by Gasteiger charge is -2.17. The number of hydrogen-bond donors (Lipinski definition) is 1. The number of benzene rings is 1. The van der Waals surface area contributed by atoms with Crippen LogP contribution < -0.4 is 5.32 Å². The van der Waals surface area contributed by atoms with Gasteiger partial charge in [0, 0.05) is 32.3 Å². The van der Waals surface area contributed by atoms with E-state index in [2.05, 4.69) is 5.32 Å². The number of rotatable bonds is 6. The largest absolute Gasteiger partial charge is 0.347 e. The maximum Gasteiger partial charge on any atom is 0.280 e. The molecule has 1 amide bonds. The van der Waals surface area contributed by atoms with Crippen LogP contribution in [0.5, 0.6) is 0 Å². The Kier molecular flexibility index (Phi) is 5.30. The molecule has 0 bridgehead atoms. The summed E-state index contributed by atoms with van der Waals surface area (Å²) in [6.45, 7) is 1.70. The van der Waals surface area contributed by atoms with Crippen LogP contribution in [-0.2, 0) is 11.3 Å². The average molecular weight is 296 g/mol. The fourth-order valence-corrected chi connectivity index (χ4v) is 1.72. The first-order valence-electron chi connectivity index (χ1n) is 6.10. The van der Waals surface area contributed by atoms with Crippen molar-refractivity contribution in [1.29, 1.82) is 0 Å². The Morgan fingerprint density at radius 1 is 1.29 bits per heavy atom. The lowest BCUT2D eigenvalue weighted by Crippen LogP contribution is -2.41. The Morgan fingerprint density at radius 2 is 1.90 bits per heavy atom. The van der Waals surface area contributed by atoms with Crippen LogP contribution in [0.15, 0.2) is 18.2 Å². The highest BCUT2D eigenvalue weighted by atomic mass is 16.6. The number of hydrogen-bond acceptors (Lipinski definition) is 6. The molecule has 0 heterocycles. The van der Waals surface area contributed by atoms with Crippen molar-refractivity contribution in [2.75, 3.05) is 14.1 Å². The van der Waals surface area contributed by atoms with E-state index < -0.39 is 15.9 Å². The summed E-state index contributed by atoms with van der Waals surface area (Å²) in [5.74, 6) is -0.167. The molecule has 9 nitrogen and oxygen atoms in total. The van der Waals surface area contributed by atoms with Gasteiger partial charge < -0.3 is 10.2 Å². The van der Waals surface area contributed by atoms with Gasteiger partial charge in [-0.15, -0.1) is 0 Å². The smallest absolute Gasteiger partial charge is 0.280 e. The molecular weight excluding hydrogens is 280 g/mol. The van der Waals surface area contributed by atoms with Gasteiger partial charge in [0.15, 0.2) is 0 Å². The lowest BCUT2D eigenvalue weighted by molar-refractivity contribution is -0.394. The first kappa shape index (κ1) is 16.5. The van der Waals surface area contributed by atoms with Gasteiger partial charge in [0.25, 0.3) is 11.4 Å². The summed E-state index contributed by atoms with van der Waals surface area (Å²) in [7, 11) is 3.21. The van der Waals surface area contributed by atoms with Crippen LogP contribution in [0, 0.1) is 20.2 Å². The Hall–Kier alpha value is -2.55. The number of nitro groups is 2. The molecule has 1 atom stereocenters. The van der Waals surface area contributed by atoms with Crippen molar-refractivity contribution in [2.24, 2.45) is 0 Å². The van der Waals surface area contributed by atoms with Crippen LogP contribution in [0.1, 0.15) is 12.5 Å². The van der Waals surface area contributed by atoms with E-state index in [4.69, 9.17) is 0 Å². The SMILES string of the molecule is CC(NCc1ccc([N+](=O)[O-])cc1[N+](=O)[O-])C(=O)N(C)C. The van der Waals surface area contributed by atoms with Gasteiger partial charge >= 0.3 is 0 Å². The summed E-state index contributed by atoms with van der Waals surface area (Å²) in [6.07, 6.45) is 0. The van der Waals surface area contributed by atoms with Crippen molar-refractivity contribution < 1.29 is 14.6 Å². The number of non-ortho nitro benzene ring substituents is 1. The minimum atomic E-state index is -0.692. The molecule has 0 radical (unpaired) electrons. The predicted molar refractivity (Wildman–Crippen MR) is 74.7 cm³/mol. The van der Waals surface area contributed by atoms with Gasteiger partial charge in [-0.25, -0.2) is 0 Å². The highest BCUT2D eigenvalue weighted by molar-refractivity contribution is 5.80. The van der Waals surface area contributed by atoms with Crippen LogP contribution in [-0.4, -0.2) is 40.8 Å². The molecule has 1 N–H and O–H groups in total. The van der Waals surface area contributed by atoms with Gasteiger partial charge in [-0.2, -0.15) is 0 Å². The lowest BCUT2D eigenvalue weighted by atomic mass is 10.1. The minimum Gasteiger partial charge on any atom is -0.347 e. The standard InChI is InChI=1S/C12H16N4O5/c1-8(12(17)14(2)3)13-7-9-4-5-10(15(18)19)6-11(9)16(20)21/h4-6,8,13H,7H2,1-3H3. The predicted octanol–water partition coefficient (Wildman–Crippen LogP) is 1.07. The summed E-state index contributed by atoms with van der Waals surface area (Å²) in [4.78, 5) is 33.3. The van der Waals surface area contributed by atoms with Gasteiger partial charge in [0.1, 0.15) is 0 Å². The van der Waals surface area contributed by atoms with Crippen molar-refractivity contribution in [3.05, 3.63) is 44.0 Å². The zero-order valence-corrected chi connectivity index (χ0v) is 11.9. The molecule has 21 heavy (non-hydrogen) atoms. The summed E-state index contributed by atoms with van der Waals surface area (Å²) in [5.41, 5.74) is -0.409. The average Bonchev–Trinajstić information content (AvgIpc) is 2.43. The van der Waals surface area contributed by atoms with E-state index in [1.54, 1.807) is 21.0 Å². The number of nitrogens with one attached hydrogen (secondary N) is 1. The van der Waals surface area contributed by atoms with Gasteiger partial charge in [-0.1, -0.05) is 0 Å². The van der Waals surface area contributed by atoms with Crippen LogP contribution in [0.2, 0.25) is 0 Å². The number of carbonyl (C=O) groups excluding carboxylic acids is 1. The molecule has 1 aromatic rings. The van der Waals surface area contributed by atoms with E-state index in [1.807, 2.05) is 0 Å². The number of nitrogens with zero attached hydrogens (tertiary/aromatic N) is 3. The highest BCUT2D eigenvalue weighted by Crippen LogP contribution is 2.24. The number of likely N-dealkylation sites (N-methyl/N-ethyl adjacent to an activating group) is 1. The fourth-order valence-electron chi connectivity index (χ4n) is 1.72. The maximum atomic E-state index is 11.7. The van der Waals surface area contributed by atoms with Gasteiger partial charge in [0.05, 0.1) is 22.0 Å². The second-order valence-corrected chi connectivity index (χ2v) is 4.66. The highest BCUT2D eigenvalue weighted by Gasteiger charge is 2.21. The van der Waals surface area contributed by atoms with Gasteiger partial charge in [0.2, 0.25) is 5.91 Å². The van der Waals surface area contributed by atoms with Crippen LogP contribution in [0.25, 0.3) is 0 Å². The zero-order valence-electron chi connectivity index (χ0n) is 11.9. The molecular formula is C12H16N4O5. The van der Waals surface area contributed by atoms with Crippen LogP contribution in [0.3, 0.4) is 0 Å². The van der Waals surface area contributed by atoms with Crippen molar-refractivity contribution in [3.8, 4) is 0 Å². The van der Waals surface area contributed by atoms with Gasteiger partial charge in [-0.3, -0.25) is 25.0 Å². The normalized spacial score (nSPS) is 11.8.